The molecule has 4 rings (SSSR count). The van der Waals surface area contributed by atoms with Crippen LogP contribution in [0.1, 0.15) is 65.2 Å². The predicted molar refractivity (Wildman–Crippen MR) is 93.6 cm³/mol. The van der Waals surface area contributed by atoms with Crippen LogP contribution in [0.4, 0.5) is 0 Å². The van der Waals surface area contributed by atoms with E-state index in [4.69, 9.17) is 4.74 Å². The first-order chi connectivity index (χ1) is 11.8. The fourth-order valence-corrected chi connectivity index (χ4v) is 7.47. The second-order valence-corrected chi connectivity index (χ2v) is 9.71. The first kappa shape index (κ1) is 17.5. The van der Waals surface area contributed by atoms with E-state index in [1.54, 1.807) is 0 Å². The molecule has 8 atom stereocenters. The Morgan fingerprint density at radius 2 is 1.92 bits per heavy atom. The van der Waals surface area contributed by atoms with Crippen LogP contribution in [0.5, 0.6) is 0 Å². The summed E-state index contributed by atoms with van der Waals surface area (Å²) in [4.78, 5) is 24.7. The third-order valence-electron chi connectivity index (χ3n) is 8.93. The molecule has 0 spiro atoms. The molecule has 4 nitrogen and oxygen atoms in total. The van der Waals surface area contributed by atoms with Crippen molar-refractivity contribution in [3.63, 3.8) is 0 Å². The molecule has 0 bridgehead atoms. The summed E-state index contributed by atoms with van der Waals surface area (Å²) in [5.41, 5.74) is -0.00569. The maximum Gasteiger partial charge on any atom is 0.311 e. The van der Waals surface area contributed by atoms with Crippen LogP contribution < -0.4 is 0 Å². The third kappa shape index (κ3) is 2.35. The summed E-state index contributed by atoms with van der Waals surface area (Å²) < 4.78 is 4.98. The lowest BCUT2D eigenvalue weighted by atomic mass is 9.44. The Bertz CT molecular complexity index is 586. The molecule has 4 saturated carbocycles. The zero-order chi connectivity index (χ0) is 18.0. The molecule has 1 N–H and O–H groups in total. The lowest BCUT2D eigenvalue weighted by Crippen LogP contribution is -2.56. The summed E-state index contributed by atoms with van der Waals surface area (Å²) in [7, 11) is 1.42. The van der Waals surface area contributed by atoms with Crippen molar-refractivity contribution in [3.8, 4) is 0 Å². The smallest absolute Gasteiger partial charge is 0.311 e. The van der Waals surface area contributed by atoms with Crippen molar-refractivity contribution < 1.29 is 19.4 Å². The third-order valence-corrected chi connectivity index (χ3v) is 8.93. The maximum absolute atomic E-state index is 12.5. The van der Waals surface area contributed by atoms with Crippen LogP contribution in [-0.4, -0.2) is 30.1 Å². The van der Waals surface area contributed by atoms with E-state index in [1.807, 2.05) is 0 Å². The van der Waals surface area contributed by atoms with Crippen LogP contribution in [0.15, 0.2) is 0 Å². The molecular weight excluding hydrogens is 316 g/mol. The van der Waals surface area contributed by atoms with Crippen LogP contribution in [0.2, 0.25) is 0 Å². The largest absolute Gasteiger partial charge is 0.469 e. The van der Waals surface area contributed by atoms with Gasteiger partial charge in [-0.3, -0.25) is 9.59 Å². The van der Waals surface area contributed by atoms with Gasteiger partial charge in [-0.05, 0) is 74.0 Å². The Morgan fingerprint density at radius 3 is 2.64 bits per heavy atom. The highest BCUT2D eigenvalue weighted by atomic mass is 16.5. The van der Waals surface area contributed by atoms with Gasteiger partial charge in [-0.2, -0.15) is 0 Å². The van der Waals surface area contributed by atoms with Gasteiger partial charge in [0.1, 0.15) is 5.78 Å². The quantitative estimate of drug-likeness (QED) is 0.738. The van der Waals surface area contributed by atoms with Gasteiger partial charge in [-0.25, -0.2) is 0 Å². The molecule has 0 amide bonds. The van der Waals surface area contributed by atoms with Crippen LogP contribution in [-0.2, 0) is 14.3 Å². The Kier molecular flexibility index (Phi) is 4.06. The summed E-state index contributed by atoms with van der Waals surface area (Å²) in [6, 6.07) is 0. The van der Waals surface area contributed by atoms with Crippen molar-refractivity contribution in [1.29, 1.82) is 0 Å². The van der Waals surface area contributed by atoms with E-state index in [0.29, 0.717) is 29.5 Å². The van der Waals surface area contributed by atoms with E-state index in [0.717, 1.165) is 44.9 Å². The van der Waals surface area contributed by atoms with Gasteiger partial charge in [0.05, 0.1) is 19.1 Å². The van der Waals surface area contributed by atoms with Crippen LogP contribution >= 0.6 is 0 Å². The number of hydrogen-bond donors (Lipinski definition) is 1. The molecule has 0 aromatic rings. The van der Waals surface area contributed by atoms with Crippen molar-refractivity contribution in [1.82, 2.24) is 0 Å². The lowest BCUT2D eigenvalue weighted by Gasteiger charge is -2.60. The van der Waals surface area contributed by atoms with Crippen LogP contribution in [0, 0.1) is 40.4 Å². The number of carbonyl (C=O) groups is 2. The Labute approximate surface area is 150 Å². The van der Waals surface area contributed by atoms with Gasteiger partial charge in [0.25, 0.3) is 0 Å². The average molecular weight is 348 g/mol. The SMILES string of the molecule is COC(=O)[C@H]1C[C@@]2(C)[C@@H](CC[C@@H]3[C@@H]2CC[C@]2(C)C(=O)CC[C@@H]32)C[C@@H]1O. The van der Waals surface area contributed by atoms with Crippen LogP contribution in [0.25, 0.3) is 0 Å². The fraction of sp³-hybridized carbons (Fsp3) is 0.905. The van der Waals surface area contributed by atoms with E-state index in [2.05, 4.69) is 13.8 Å². The summed E-state index contributed by atoms with van der Waals surface area (Å²) >= 11 is 0. The summed E-state index contributed by atoms with van der Waals surface area (Å²) in [5, 5.41) is 10.5. The van der Waals surface area contributed by atoms with Crippen molar-refractivity contribution in [3.05, 3.63) is 0 Å². The van der Waals surface area contributed by atoms with E-state index in [9.17, 15) is 14.7 Å². The molecule has 4 aliphatic carbocycles. The van der Waals surface area contributed by atoms with Crippen molar-refractivity contribution in [2.45, 2.75) is 71.3 Å². The number of ketones is 1. The van der Waals surface area contributed by atoms with Crippen molar-refractivity contribution in [2.24, 2.45) is 40.4 Å². The van der Waals surface area contributed by atoms with E-state index < -0.39 is 6.10 Å². The topological polar surface area (TPSA) is 63.6 Å². The average Bonchev–Trinajstić information content (AvgIpc) is 2.89. The molecule has 0 saturated heterocycles. The van der Waals surface area contributed by atoms with Crippen molar-refractivity contribution in [2.75, 3.05) is 7.11 Å². The minimum absolute atomic E-state index is 0.0912. The normalized spacial score (nSPS) is 52.1. The number of carbonyl (C=O) groups excluding carboxylic acids is 2. The number of Topliss-reactive ketones (excluding diaryl/α,β-unsaturated/α-hetero) is 1. The van der Waals surface area contributed by atoms with Gasteiger partial charge < -0.3 is 9.84 Å². The highest BCUT2D eigenvalue weighted by molar-refractivity contribution is 5.87. The van der Waals surface area contributed by atoms with E-state index in [-0.39, 0.29) is 22.7 Å². The number of fused-ring (bicyclic) bond motifs is 5. The molecule has 0 heterocycles. The summed E-state index contributed by atoms with van der Waals surface area (Å²) in [6.45, 7) is 4.56. The van der Waals surface area contributed by atoms with Crippen molar-refractivity contribution >= 4 is 11.8 Å². The van der Waals surface area contributed by atoms with Gasteiger partial charge in [-0.1, -0.05) is 13.8 Å². The molecule has 0 radical (unpaired) electrons. The monoisotopic (exact) mass is 348 g/mol. The molecule has 0 aliphatic heterocycles. The standard InChI is InChI=1S/C21H32O4/c1-20-9-8-16-13(15(20)6-7-18(20)23)5-4-12-10-17(22)14(19(24)25-3)11-21(12,16)2/h12-17,22H,4-11H2,1-3H3/t12-,13-,14-,15-,16-,17-,20-,21-/m0/s1. The molecule has 4 heteroatoms. The molecule has 0 unspecified atom stereocenters. The number of aliphatic hydroxyl groups is 1. The van der Waals surface area contributed by atoms with Crippen LogP contribution in [0.3, 0.4) is 0 Å². The first-order valence-electron chi connectivity index (χ1n) is 10.1. The summed E-state index contributed by atoms with van der Waals surface area (Å²) in [6.07, 6.45) is 7.13. The molecule has 140 valence electrons. The van der Waals surface area contributed by atoms with E-state index >= 15 is 0 Å². The highest BCUT2D eigenvalue weighted by Crippen LogP contribution is 2.66. The van der Waals surface area contributed by atoms with Gasteiger partial charge in [0.15, 0.2) is 0 Å². The number of esters is 1. The number of hydrogen-bond acceptors (Lipinski definition) is 4. The second kappa shape index (κ2) is 5.80. The maximum atomic E-state index is 12.5. The Hall–Kier alpha value is -0.900. The zero-order valence-electron chi connectivity index (χ0n) is 15.8. The minimum atomic E-state index is -0.566. The van der Waals surface area contributed by atoms with E-state index in [1.165, 1.54) is 13.5 Å². The molecule has 25 heavy (non-hydrogen) atoms. The number of aliphatic hydroxyl groups excluding tert-OH is 1. The Balaban J connectivity index is 1.63. The molecule has 4 fully saturated rings. The van der Waals surface area contributed by atoms with Gasteiger partial charge in [-0.15, -0.1) is 0 Å². The fourth-order valence-electron chi connectivity index (χ4n) is 7.47. The van der Waals surface area contributed by atoms with Gasteiger partial charge in [0.2, 0.25) is 0 Å². The minimum Gasteiger partial charge on any atom is -0.469 e. The molecule has 4 aliphatic rings. The molecular formula is C21H32O4. The number of ether oxygens (including phenoxy) is 1. The summed E-state index contributed by atoms with van der Waals surface area (Å²) in [5.74, 6) is 2.05. The zero-order valence-corrected chi connectivity index (χ0v) is 15.8. The Morgan fingerprint density at radius 1 is 1.16 bits per heavy atom. The first-order valence-corrected chi connectivity index (χ1v) is 10.1. The second-order valence-electron chi connectivity index (χ2n) is 9.71. The van der Waals surface area contributed by atoms with Gasteiger partial charge in [0, 0.05) is 11.8 Å². The number of methoxy groups -OCH3 is 1. The number of rotatable bonds is 1. The molecule has 0 aromatic carbocycles. The molecule has 0 aromatic heterocycles. The predicted octanol–water partition coefficient (Wildman–Crippen LogP) is 3.36. The highest BCUT2D eigenvalue weighted by Gasteiger charge is 2.61. The van der Waals surface area contributed by atoms with Gasteiger partial charge >= 0.3 is 5.97 Å². The lowest BCUT2D eigenvalue weighted by molar-refractivity contribution is -0.170.